The second-order valence-electron chi connectivity index (χ2n) is 7.62. The molecule has 2 aromatic carbocycles. The predicted molar refractivity (Wildman–Crippen MR) is 101 cm³/mol. The zero-order chi connectivity index (χ0) is 18.1. The van der Waals surface area contributed by atoms with Gasteiger partial charge in [0.15, 0.2) is 5.78 Å². The highest BCUT2D eigenvalue weighted by Gasteiger charge is 2.51. The Morgan fingerprint density at radius 3 is 2.00 bits per heavy atom. The number of ketones is 1. The summed E-state index contributed by atoms with van der Waals surface area (Å²) in [6.45, 7) is 8.21. The molecule has 0 aromatic heterocycles. The van der Waals surface area contributed by atoms with E-state index in [0.29, 0.717) is 6.42 Å². The summed E-state index contributed by atoms with van der Waals surface area (Å²) < 4.78 is 12.1. The van der Waals surface area contributed by atoms with E-state index in [-0.39, 0.29) is 24.1 Å². The molecule has 3 rings (SSSR count). The summed E-state index contributed by atoms with van der Waals surface area (Å²) in [6, 6.07) is 17.6. The van der Waals surface area contributed by atoms with Crippen LogP contribution in [-0.2, 0) is 15.7 Å². The van der Waals surface area contributed by atoms with Crippen LogP contribution >= 0.6 is 0 Å². The molecule has 0 saturated carbocycles. The molecule has 0 unspecified atom stereocenters. The van der Waals surface area contributed by atoms with Gasteiger partial charge in [-0.3, -0.25) is 4.79 Å². The summed E-state index contributed by atoms with van der Waals surface area (Å²) in [4.78, 5) is 12.2. The van der Waals surface area contributed by atoms with Gasteiger partial charge in [-0.1, -0.05) is 54.6 Å². The van der Waals surface area contributed by atoms with Crippen LogP contribution in [0.1, 0.15) is 50.0 Å². The van der Waals surface area contributed by atoms with Gasteiger partial charge in [-0.25, -0.2) is 0 Å². The molecule has 4 heteroatoms. The average molecular weight is 336 g/mol. The molecule has 2 aromatic rings. The average Bonchev–Trinajstić information content (AvgIpc) is 2.82. The van der Waals surface area contributed by atoms with Crippen LogP contribution < -0.4 is 5.46 Å². The molecule has 3 nitrogen and oxygen atoms in total. The first kappa shape index (κ1) is 17.9. The second kappa shape index (κ2) is 6.78. The maximum atomic E-state index is 12.2. The second-order valence-corrected chi connectivity index (χ2v) is 7.62. The monoisotopic (exact) mass is 336 g/mol. The molecule has 0 bridgehead atoms. The Balaban J connectivity index is 1.61. The molecule has 0 amide bonds. The largest absolute Gasteiger partial charge is 0.494 e. The van der Waals surface area contributed by atoms with E-state index in [2.05, 4.69) is 39.8 Å². The maximum absolute atomic E-state index is 12.2. The number of hydrogen-bond donors (Lipinski definition) is 0. The minimum atomic E-state index is -0.343. The topological polar surface area (TPSA) is 35.5 Å². The number of aryl methyl sites for hydroxylation is 1. The van der Waals surface area contributed by atoms with Crippen molar-refractivity contribution >= 4 is 18.4 Å². The first-order valence-corrected chi connectivity index (χ1v) is 8.81. The summed E-state index contributed by atoms with van der Waals surface area (Å²) in [7, 11) is -0.343. The van der Waals surface area contributed by atoms with Gasteiger partial charge in [-0.2, -0.15) is 0 Å². The molecule has 0 radical (unpaired) electrons. The normalized spacial score (nSPS) is 18.3. The van der Waals surface area contributed by atoms with Crippen LogP contribution in [0.4, 0.5) is 0 Å². The van der Waals surface area contributed by atoms with E-state index < -0.39 is 0 Å². The molecule has 1 saturated heterocycles. The van der Waals surface area contributed by atoms with Gasteiger partial charge < -0.3 is 9.31 Å². The van der Waals surface area contributed by atoms with Crippen LogP contribution in [-0.4, -0.2) is 24.1 Å². The predicted octanol–water partition coefficient (Wildman–Crippen LogP) is 3.80. The van der Waals surface area contributed by atoms with Gasteiger partial charge in [-0.05, 0) is 45.1 Å². The highest BCUT2D eigenvalue weighted by molar-refractivity contribution is 6.62. The Bertz CT molecular complexity index is 719. The Morgan fingerprint density at radius 2 is 1.44 bits per heavy atom. The lowest BCUT2D eigenvalue weighted by Crippen LogP contribution is -2.41. The SMILES string of the molecule is CC1(C)OB(c2ccc(CCC(=O)c3ccccc3)cc2)OC1(C)C. The minimum Gasteiger partial charge on any atom is -0.399 e. The summed E-state index contributed by atoms with van der Waals surface area (Å²) in [5.41, 5.74) is 2.26. The number of carbonyl (C=O) groups excluding carboxylic acids is 1. The van der Waals surface area contributed by atoms with Crippen molar-refractivity contribution in [2.75, 3.05) is 0 Å². The minimum absolute atomic E-state index is 0.177. The molecule has 0 atom stereocenters. The first-order valence-electron chi connectivity index (χ1n) is 8.81. The van der Waals surface area contributed by atoms with E-state index in [9.17, 15) is 4.79 Å². The fourth-order valence-corrected chi connectivity index (χ4v) is 2.85. The number of benzene rings is 2. The molecule has 0 N–H and O–H groups in total. The number of carbonyl (C=O) groups is 1. The van der Waals surface area contributed by atoms with Crippen LogP contribution in [0.25, 0.3) is 0 Å². The van der Waals surface area contributed by atoms with Gasteiger partial charge in [0.1, 0.15) is 0 Å². The third-order valence-corrected chi connectivity index (χ3v) is 5.24. The van der Waals surface area contributed by atoms with Crippen LogP contribution in [0, 0.1) is 0 Å². The molecular formula is C21H25BO3. The van der Waals surface area contributed by atoms with Crippen molar-refractivity contribution in [2.24, 2.45) is 0 Å². The first-order chi connectivity index (χ1) is 11.8. The lowest BCUT2D eigenvalue weighted by molar-refractivity contribution is 0.00578. The Kier molecular flexibility index (Phi) is 4.85. The lowest BCUT2D eigenvalue weighted by Gasteiger charge is -2.32. The highest BCUT2D eigenvalue weighted by Crippen LogP contribution is 2.36. The highest BCUT2D eigenvalue weighted by atomic mass is 16.7. The molecular weight excluding hydrogens is 311 g/mol. The molecule has 1 aliphatic rings. The summed E-state index contributed by atoms with van der Waals surface area (Å²) in [5, 5.41) is 0. The molecule has 25 heavy (non-hydrogen) atoms. The van der Waals surface area contributed by atoms with E-state index in [1.807, 2.05) is 42.5 Å². The van der Waals surface area contributed by atoms with E-state index >= 15 is 0 Å². The number of rotatable bonds is 5. The van der Waals surface area contributed by atoms with Gasteiger partial charge in [0.25, 0.3) is 0 Å². The molecule has 0 spiro atoms. The standard InChI is InChI=1S/C21H25BO3/c1-20(2)21(3,4)25-22(24-20)18-13-10-16(11-14-18)12-15-19(23)17-8-6-5-7-9-17/h5-11,13-14H,12,15H2,1-4H3. The summed E-state index contributed by atoms with van der Waals surface area (Å²) in [5.74, 6) is 0.177. The van der Waals surface area contributed by atoms with Crippen LogP contribution in [0.15, 0.2) is 54.6 Å². The van der Waals surface area contributed by atoms with E-state index in [1.165, 1.54) is 0 Å². The van der Waals surface area contributed by atoms with Gasteiger partial charge >= 0.3 is 7.12 Å². The maximum Gasteiger partial charge on any atom is 0.494 e. The van der Waals surface area contributed by atoms with Crippen molar-refractivity contribution in [3.8, 4) is 0 Å². The smallest absolute Gasteiger partial charge is 0.399 e. The zero-order valence-corrected chi connectivity index (χ0v) is 15.4. The summed E-state index contributed by atoms with van der Waals surface area (Å²) in [6.07, 6.45) is 1.25. The molecule has 0 aliphatic carbocycles. The van der Waals surface area contributed by atoms with Crippen molar-refractivity contribution in [1.29, 1.82) is 0 Å². The fourth-order valence-electron chi connectivity index (χ4n) is 2.85. The Hall–Kier alpha value is -1.91. The van der Waals surface area contributed by atoms with Crippen LogP contribution in [0.5, 0.6) is 0 Å². The molecule has 1 fully saturated rings. The Labute approximate surface area is 150 Å². The van der Waals surface area contributed by atoms with Crippen LogP contribution in [0.3, 0.4) is 0 Å². The fraction of sp³-hybridized carbons (Fsp3) is 0.381. The van der Waals surface area contributed by atoms with E-state index in [0.717, 1.165) is 23.0 Å². The molecule has 1 heterocycles. The number of Topliss-reactive ketones (excluding diaryl/α,β-unsaturated/α-hetero) is 1. The van der Waals surface area contributed by atoms with E-state index in [1.54, 1.807) is 0 Å². The molecule has 130 valence electrons. The zero-order valence-electron chi connectivity index (χ0n) is 15.4. The lowest BCUT2D eigenvalue weighted by atomic mass is 9.78. The van der Waals surface area contributed by atoms with Crippen molar-refractivity contribution in [1.82, 2.24) is 0 Å². The van der Waals surface area contributed by atoms with Gasteiger partial charge in [0.05, 0.1) is 11.2 Å². The van der Waals surface area contributed by atoms with Crippen molar-refractivity contribution in [3.05, 3.63) is 65.7 Å². The third-order valence-electron chi connectivity index (χ3n) is 5.24. The quantitative estimate of drug-likeness (QED) is 0.615. The van der Waals surface area contributed by atoms with Crippen LogP contribution in [0.2, 0.25) is 0 Å². The van der Waals surface area contributed by atoms with Crippen molar-refractivity contribution < 1.29 is 14.1 Å². The summed E-state index contributed by atoms with van der Waals surface area (Å²) >= 11 is 0. The van der Waals surface area contributed by atoms with Crippen molar-refractivity contribution in [3.63, 3.8) is 0 Å². The molecule has 1 aliphatic heterocycles. The van der Waals surface area contributed by atoms with E-state index in [4.69, 9.17) is 9.31 Å². The van der Waals surface area contributed by atoms with Gasteiger partial charge in [0, 0.05) is 12.0 Å². The van der Waals surface area contributed by atoms with Crippen molar-refractivity contribution in [2.45, 2.75) is 51.7 Å². The number of hydrogen-bond acceptors (Lipinski definition) is 3. The Morgan fingerprint density at radius 1 is 0.880 bits per heavy atom. The van der Waals surface area contributed by atoms with Gasteiger partial charge in [0.2, 0.25) is 0 Å². The van der Waals surface area contributed by atoms with Gasteiger partial charge in [-0.15, -0.1) is 0 Å². The third kappa shape index (κ3) is 3.86.